The van der Waals surface area contributed by atoms with Crippen LogP contribution in [-0.2, 0) is 4.79 Å². The molecule has 5 nitrogen and oxygen atoms in total. The van der Waals surface area contributed by atoms with Crippen molar-refractivity contribution in [2.45, 2.75) is 12.3 Å². The highest BCUT2D eigenvalue weighted by molar-refractivity contribution is 5.53. The van der Waals surface area contributed by atoms with Crippen molar-refractivity contribution in [3.63, 3.8) is 0 Å². The molecule has 1 aromatic rings. The number of carbonyl (C=O) groups is 1. The third-order valence-electron chi connectivity index (χ3n) is 2.63. The van der Waals surface area contributed by atoms with Gasteiger partial charge in [-0.2, -0.15) is 0 Å². The van der Waals surface area contributed by atoms with Crippen LogP contribution in [0.25, 0.3) is 0 Å². The van der Waals surface area contributed by atoms with Crippen LogP contribution in [0, 0.1) is 10.1 Å². The SMILES string of the molecule is CN(C)c1ccc([C@H](CC=O)C[N+](=O)[O-])cc1. The van der Waals surface area contributed by atoms with Gasteiger partial charge in [-0.25, -0.2) is 0 Å². The van der Waals surface area contributed by atoms with E-state index < -0.39 is 0 Å². The second kappa shape index (κ2) is 5.98. The fourth-order valence-corrected chi connectivity index (χ4v) is 1.66. The second-order valence-electron chi connectivity index (χ2n) is 4.10. The van der Waals surface area contributed by atoms with Crippen LogP contribution >= 0.6 is 0 Å². The Labute approximate surface area is 100 Å². The molecule has 0 saturated heterocycles. The molecule has 5 heteroatoms. The van der Waals surface area contributed by atoms with Gasteiger partial charge in [0.1, 0.15) is 6.29 Å². The third-order valence-corrected chi connectivity index (χ3v) is 2.63. The molecule has 0 heterocycles. The molecule has 1 atom stereocenters. The number of aldehydes is 1. The van der Waals surface area contributed by atoms with Crippen LogP contribution in [0.2, 0.25) is 0 Å². The van der Waals surface area contributed by atoms with Gasteiger partial charge in [-0.05, 0) is 17.7 Å². The van der Waals surface area contributed by atoms with Crippen molar-refractivity contribution < 1.29 is 9.72 Å². The molecule has 0 aliphatic heterocycles. The van der Waals surface area contributed by atoms with Crippen molar-refractivity contribution in [1.82, 2.24) is 0 Å². The number of hydrogen-bond acceptors (Lipinski definition) is 4. The highest BCUT2D eigenvalue weighted by atomic mass is 16.6. The van der Waals surface area contributed by atoms with E-state index in [1.165, 1.54) is 0 Å². The van der Waals surface area contributed by atoms with Gasteiger partial charge < -0.3 is 9.69 Å². The van der Waals surface area contributed by atoms with E-state index in [-0.39, 0.29) is 23.8 Å². The van der Waals surface area contributed by atoms with Crippen molar-refractivity contribution in [3.8, 4) is 0 Å². The lowest BCUT2D eigenvalue weighted by Gasteiger charge is -2.15. The Morgan fingerprint density at radius 2 is 1.94 bits per heavy atom. The van der Waals surface area contributed by atoms with E-state index in [1.807, 2.05) is 43.3 Å². The fourth-order valence-electron chi connectivity index (χ4n) is 1.66. The fraction of sp³-hybridized carbons (Fsp3) is 0.417. The Morgan fingerprint density at radius 3 is 2.35 bits per heavy atom. The van der Waals surface area contributed by atoms with Crippen LogP contribution in [-0.4, -0.2) is 31.8 Å². The van der Waals surface area contributed by atoms with Gasteiger partial charge in [0.05, 0.1) is 5.92 Å². The molecule has 0 saturated carbocycles. The number of benzene rings is 1. The largest absolute Gasteiger partial charge is 0.378 e. The van der Waals surface area contributed by atoms with Crippen molar-refractivity contribution in [3.05, 3.63) is 39.9 Å². The van der Waals surface area contributed by atoms with Gasteiger partial charge in [-0.15, -0.1) is 0 Å². The lowest BCUT2D eigenvalue weighted by Crippen LogP contribution is -2.14. The van der Waals surface area contributed by atoms with Crippen LogP contribution in [0.4, 0.5) is 5.69 Å². The summed E-state index contributed by atoms with van der Waals surface area (Å²) in [4.78, 5) is 22.6. The first-order valence-corrected chi connectivity index (χ1v) is 5.37. The number of hydrogen-bond donors (Lipinski definition) is 0. The van der Waals surface area contributed by atoms with Crippen LogP contribution in [0.3, 0.4) is 0 Å². The predicted octanol–water partition coefficient (Wildman–Crippen LogP) is 1.70. The maximum Gasteiger partial charge on any atom is 0.211 e. The zero-order valence-electron chi connectivity index (χ0n) is 10.00. The minimum Gasteiger partial charge on any atom is -0.378 e. The molecule has 0 bridgehead atoms. The van der Waals surface area contributed by atoms with Gasteiger partial charge in [0.25, 0.3) is 0 Å². The highest BCUT2D eigenvalue weighted by Crippen LogP contribution is 2.21. The molecule has 0 spiro atoms. The summed E-state index contributed by atoms with van der Waals surface area (Å²) in [6, 6.07) is 7.47. The van der Waals surface area contributed by atoms with Gasteiger partial charge in [0.2, 0.25) is 6.54 Å². The summed E-state index contributed by atoms with van der Waals surface area (Å²) < 4.78 is 0. The van der Waals surface area contributed by atoms with Crippen molar-refractivity contribution in [2.75, 3.05) is 25.5 Å². The normalized spacial score (nSPS) is 11.9. The molecule has 1 aromatic carbocycles. The summed E-state index contributed by atoms with van der Waals surface area (Å²) in [5.74, 6) is -0.335. The Morgan fingerprint density at radius 1 is 1.35 bits per heavy atom. The molecule has 0 unspecified atom stereocenters. The first-order valence-electron chi connectivity index (χ1n) is 5.37. The second-order valence-corrected chi connectivity index (χ2v) is 4.10. The highest BCUT2D eigenvalue weighted by Gasteiger charge is 2.17. The molecule has 0 N–H and O–H groups in total. The zero-order valence-corrected chi connectivity index (χ0v) is 10.00. The quantitative estimate of drug-likeness (QED) is 0.428. The van der Waals surface area contributed by atoms with E-state index in [9.17, 15) is 14.9 Å². The van der Waals surface area contributed by atoms with E-state index in [4.69, 9.17) is 0 Å². The molecule has 92 valence electrons. The minimum absolute atomic E-state index is 0.183. The summed E-state index contributed by atoms with van der Waals surface area (Å²) in [5.41, 5.74) is 1.86. The predicted molar refractivity (Wildman–Crippen MR) is 66.1 cm³/mol. The Hall–Kier alpha value is -1.91. The number of carbonyl (C=O) groups excluding carboxylic acids is 1. The maximum absolute atomic E-state index is 10.5. The van der Waals surface area contributed by atoms with Gasteiger partial charge in [-0.3, -0.25) is 10.1 Å². The van der Waals surface area contributed by atoms with Gasteiger partial charge in [-0.1, -0.05) is 12.1 Å². The molecule has 0 aliphatic carbocycles. The zero-order chi connectivity index (χ0) is 12.8. The first kappa shape index (κ1) is 13.2. The summed E-state index contributed by atoms with van der Waals surface area (Å²) in [5, 5.41) is 10.5. The Balaban J connectivity index is 2.86. The lowest BCUT2D eigenvalue weighted by molar-refractivity contribution is -0.483. The molecule has 0 fully saturated rings. The van der Waals surface area contributed by atoms with Crippen LogP contribution in [0.15, 0.2) is 24.3 Å². The first-order chi connectivity index (χ1) is 8.04. The van der Waals surface area contributed by atoms with E-state index >= 15 is 0 Å². The maximum atomic E-state index is 10.5. The molecule has 0 radical (unpaired) electrons. The van der Waals surface area contributed by atoms with E-state index in [2.05, 4.69) is 0 Å². The van der Waals surface area contributed by atoms with Crippen molar-refractivity contribution >= 4 is 12.0 Å². The smallest absolute Gasteiger partial charge is 0.211 e. The third kappa shape index (κ3) is 3.86. The molecule has 0 amide bonds. The summed E-state index contributed by atoms with van der Waals surface area (Å²) >= 11 is 0. The van der Waals surface area contributed by atoms with E-state index in [0.717, 1.165) is 17.5 Å². The van der Waals surface area contributed by atoms with Gasteiger partial charge in [0.15, 0.2) is 0 Å². The van der Waals surface area contributed by atoms with Crippen LogP contribution < -0.4 is 4.90 Å². The van der Waals surface area contributed by atoms with Crippen LogP contribution in [0.1, 0.15) is 17.9 Å². The molecule has 17 heavy (non-hydrogen) atoms. The molecule has 0 aliphatic rings. The topological polar surface area (TPSA) is 63.5 Å². The average Bonchev–Trinajstić information content (AvgIpc) is 2.28. The van der Waals surface area contributed by atoms with E-state index in [0.29, 0.717) is 0 Å². The minimum atomic E-state index is -0.381. The molecular formula is C12H16N2O3. The van der Waals surface area contributed by atoms with Gasteiger partial charge in [0, 0.05) is 31.1 Å². The summed E-state index contributed by atoms with van der Waals surface area (Å²) in [6.45, 7) is -0.208. The van der Waals surface area contributed by atoms with Crippen LogP contribution in [0.5, 0.6) is 0 Å². The van der Waals surface area contributed by atoms with E-state index in [1.54, 1.807) is 0 Å². The lowest BCUT2D eigenvalue weighted by atomic mass is 9.96. The van der Waals surface area contributed by atoms with Crippen molar-refractivity contribution in [2.24, 2.45) is 0 Å². The summed E-state index contributed by atoms with van der Waals surface area (Å²) in [7, 11) is 3.85. The number of rotatable bonds is 6. The van der Waals surface area contributed by atoms with Crippen molar-refractivity contribution in [1.29, 1.82) is 0 Å². The number of anilines is 1. The molecule has 0 aromatic heterocycles. The Kier molecular flexibility index (Phi) is 4.63. The monoisotopic (exact) mass is 236 g/mol. The molecule has 1 rings (SSSR count). The Bertz CT molecular complexity index is 387. The molecular weight excluding hydrogens is 220 g/mol. The summed E-state index contributed by atoms with van der Waals surface area (Å²) in [6.07, 6.45) is 0.913. The van der Waals surface area contributed by atoms with Gasteiger partial charge >= 0.3 is 0 Å². The average molecular weight is 236 g/mol. The number of nitrogens with zero attached hydrogens (tertiary/aromatic N) is 2. The number of nitro groups is 1. The standard InChI is InChI=1S/C12H16N2O3/c1-13(2)12-5-3-10(4-6-12)11(7-8-15)9-14(16)17/h3-6,8,11H,7,9H2,1-2H3/t11-/m1/s1.